The number of fused-ring (bicyclic) bond motifs is 1. The zero-order valence-corrected chi connectivity index (χ0v) is 14.9. The monoisotopic (exact) mass is 379 g/mol. The first kappa shape index (κ1) is 18.2. The van der Waals surface area contributed by atoms with Gasteiger partial charge in [0.15, 0.2) is 21.3 Å². The molecular weight excluding hydrogens is 361 g/mol. The lowest BCUT2D eigenvalue weighted by molar-refractivity contribution is -0.115. The zero-order chi connectivity index (χ0) is 18.7. The first-order valence-electron chi connectivity index (χ1n) is 8.03. The molecule has 1 aliphatic heterocycles. The van der Waals surface area contributed by atoms with Crippen LogP contribution in [0.3, 0.4) is 0 Å². The topological polar surface area (TPSA) is 81.7 Å². The third-order valence-electron chi connectivity index (χ3n) is 3.94. The number of benzene rings is 2. The van der Waals surface area contributed by atoms with Gasteiger partial charge in [-0.2, -0.15) is 0 Å². The summed E-state index contributed by atoms with van der Waals surface area (Å²) in [6.07, 6.45) is -0.243. The van der Waals surface area contributed by atoms with Crippen molar-refractivity contribution in [1.82, 2.24) is 0 Å². The molecule has 138 valence electrons. The molecule has 0 bridgehead atoms. The van der Waals surface area contributed by atoms with Crippen LogP contribution < -0.4 is 14.8 Å². The van der Waals surface area contributed by atoms with Gasteiger partial charge in [0.25, 0.3) is 0 Å². The smallest absolute Gasteiger partial charge is 0.225 e. The van der Waals surface area contributed by atoms with Crippen molar-refractivity contribution in [3.05, 3.63) is 47.8 Å². The van der Waals surface area contributed by atoms with Crippen LogP contribution in [0.5, 0.6) is 11.5 Å². The fraction of sp³-hybridized carbons (Fsp3) is 0.278. The number of nitrogens with one attached hydrogen (secondary N) is 1. The van der Waals surface area contributed by atoms with Crippen LogP contribution in [0.15, 0.2) is 41.3 Å². The van der Waals surface area contributed by atoms with Crippen molar-refractivity contribution in [1.29, 1.82) is 0 Å². The molecule has 0 saturated heterocycles. The normalized spacial score (nSPS) is 13.3. The van der Waals surface area contributed by atoms with Gasteiger partial charge in [-0.15, -0.1) is 0 Å². The van der Waals surface area contributed by atoms with Crippen molar-refractivity contribution >= 4 is 21.4 Å². The maximum atomic E-state index is 13.3. The molecule has 0 unspecified atom stereocenters. The quantitative estimate of drug-likeness (QED) is 0.864. The van der Waals surface area contributed by atoms with Crippen molar-refractivity contribution in [3.8, 4) is 11.5 Å². The summed E-state index contributed by atoms with van der Waals surface area (Å²) in [5.74, 6) is -0.478. The van der Waals surface area contributed by atoms with E-state index in [9.17, 15) is 17.6 Å². The van der Waals surface area contributed by atoms with Gasteiger partial charge in [0, 0.05) is 18.2 Å². The molecule has 0 spiro atoms. The van der Waals surface area contributed by atoms with Gasteiger partial charge in [0.1, 0.15) is 19.0 Å². The highest BCUT2D eigenvalue weighted by Crippen LogP contribution is 2.32. The molecule has 6 nitrogen and oxygen atoms in total. The van der Waals surface area contributed by atoms with E-state index in [1.807, 2.05) is 0 Å². The van der Waals surface area contributed by atoms with Gasteiger partial charge in [0.05, 0.1) is 10.6 Å². The lowest BCUT2D eigenvalue weighted by Crippen LogP contribution is -2.19. The highest BCUT2D eigenvalue weighted by molar-refractivity contribution is 7.91. The number of halogens is 1. The third kappa shape index (κ3) is 4.13. The molecule has 0 aromatic heterocycles. The lowest BCUT2D eigenvalue weighted by atomic mass is 10.2. The predicted molar refractivity (Wildman–Crippen MR) is 93.9 cm³/mol. The SMILES string of the molecule is Cc1ccc(F)cc1NC(=O)CCS(=O)(=O)c1ccc2c(c1)OCCO2. The molecule has 8 heteroatoms. The highest BCUT2D eigenvalue weighted by atomic mass is 32.2. The molecular formula is C18H18FNO5S. The average molecular weight is 379 g/mol. The number of hydrogen-bond acceptors (Lipinski definition) is 5. The van der Waals surface area contributed by atoms with Crippen LogP contribution in [0.2, 0.25) is 0 Å². The summed E-state index contributed by atoms with van der Waals surface area (Å²) in [4.78, 5) is 12.1. The molecule has 1 N–H and O–H groups in total. The number of amides is 1. The van der Waals surface area contributed by atoms with Crippen LogP contribution in [-0.4, -0.2) is 33.3 Å². The van der Waals surface area contributed by atoms with Crippen LogP contribution in [0.4, 0.5) is 10.1 Å². The number of aryl methyl sites for hydroxylation is 1. The largest absolute Gasteiger partial charge is 0.486 e. The third-order valence-corrected chi connectivity index (χ3v) is 5.66. The molecule has 3 rings (SSSR count). The summed E-state index contributed by atoms with van der Waals surface area (Å²) >= 11 is 0. The first-order valence-corrected chi connectivity index (χ1v) is 9.69. The van der Waals surface area contributed by atoms with Crippen LogP contribution in [0.25, 0.3) is 0 Å². The summed E-state index contributed by atoms with van der Waals surface area (Å²) in [6.45, 7) is 2.49. The molecule has 0 fully saturated rings. The molecule has 2 aromatic carbocycles. The minimum absolute atomic E-state index is 0.0662. The van der Waals surface area contributed by atoms with Crippen LogP contribution in [-0.2, 0) is 14.6 Å². The van der Waals surface area contributed by atoms with Gasteiger partial charge in [-0.05, 0) is 36.8 Å². The van der Waals surface area contributed by atoms with Crippen molar-refractivity contribution < 1.29 is 27.1 Å². The molecule has 1 aliphatic rings. The Morgan fingerprint density at radius 2 is 1.85 bits per heavy atom. The van der Waals surface area contributed by atoms with Crippen molar-refractivity contribution in [2.45, 2.75) is 18.2 Å². The summed E-state index contributed by atoms with van der Waals surface area (Å²) in [7, 11) is -3.67. The Bertz CT molecular complexity index is 943. The van der Waals surface area contributed by atoms with E-state index in [0.29, 0.717) is 36.0 Å². The minimum atomic E-state index is -3.67. The Morgan fingerprint density at radius 3 is 2.62 bits per heavy atom. The molecule has 2 aromatic rings. The zero-order valence-electron chi connectivity index (χ0n) is 14.1. The number of hydrogen-bond donors (Lipinski definition) is 1. The van der Waals surface area contributed by atoms with E-state index in [-0.39, 0.29) is 17.1 Å². The summed E-state index contributed by atoms with van der Waals surface area (Å²) < 4.78 is 48.9. The molecule has 1 amide bonds. The van der Waals surface area contributed by atoms with E-state index in [1.165, 1.54) is 36.4 Å². The van der Waals surface area contributed by atoms with E-state index in [0.717, 1.165) is 0 Å². The van der Waals surface area contributed by atoms with Crippen LogP contribution >= 0.6 is 0 Å². The van der Waals surface area contributed by atoms with Crippen molar-refractivity contribution in [3.63, 3.8) is 0 Å². The van der Waals surface area contributed by atoms with Crippen LogP contribution in [0, 0.1) is 12.7 Å². The highest BCUT2D eigenvalue weighted by Gasteiger charge is 2.20. The minimum Gasteiger partial charge on any atom is -0.486 e. The van der Waals surface area contributed by atoms with Gasteiger partial charge in [-0.1, -0.05) is 6.07 Å². The lowest BCUT2D eigenvalue weighted by Gasteiger charge is -2.18. The van der Waals surface area contributed by atoms with Crippen molar-refractivity contribution in [2.24, 2.45) is 0 Å². The number of rotatable bonds is 5. The number of carbonyl (C=O) groups excluding carboxylic acids is 1. The molecule has 0 radical (unpaired) electrons. The molecule has 0 saturated carbocycles. The molecule has 26 heavy (non-hydrogen) atoms. The van der Waals surface area contributed by atoms with E-state index < -0.39 is 21.6 Å². The Labute approximate surface area is 150 Å². The van der Waals surface area contributed by atoms with Gasteiger partial charge < -0.3 is 14.8 Å². The van der Waals surface area contributed by atoms with E-state index in [4.69, 9.17) is 9.47 Å². The van der Waals surface area contributed by atoms with Gasteiger partial charge in [0.2, 0.25) is 5.91 Å². The second kappa shape index (κ2) is 7.33. The summed E-state index contributed by atoms with van der Waals surface area (Å²) in [5, 5.41) is 2.54. The fourth-order valence-corrected chi connectivity index (χ4v) is 3.76. The van der Waals surface area contributed by atoms with E-state index >= 15 is 0 Å². The molecule has 0 atom stereocenters. The first-order chi connectivity index (χ1) is 12.3. The average Bonchev–Trinajstić information content (AvgIpc) is 2.63. The Hall–Kier alpha value is -2.61. The maximum absolute atomic E-state index is 13.3. The Morgan fingerprint density at radius 1 is 1.12 bits per heavy atom. The van der Waals surface area contributed by atoms with E-state index in [1.54, 1.807) is 6.92 Å². The van der Waals surface area contributed by atoms with Gasteiger partial charge in [-0.25, -0.2) is 12.8 Å². The maximum Gasteiger partial charge on any atom is 0.225 e. The van der Waals surface area contributed by atoms with E-state index in [2.05, 4.69) is 5.32 Å². The summed E-state index contributed by atoms with van der Waals surface area (Å²) in [6, 6.07) is 8.39. The fourth-order valence-electron chi connectivity index (χ4n) is 2.50. The van der Waals surface area contributed by atoms with Crippen LogP contribution in [0.1, 0.15) is 12.0 Å². The predicted octanol–water partition coefficient (Wildman–Crippen LogP) is 2.71. The molecule has 1 heterocycles. The second-order valence-corrected chi connectivity index (χ2v) is 7.99. The van der Waals surface area contributed by atoms with Gasteiger partial charge >= 0.3 is 0 Å². The standard InChI is InChI=1S/C18H18FNO5S/c1-12-2-3-13(19)10-15(12)20-18(21)6-9-26(22,23)14-4-5-16-17(11-14)25-8-7-24-16/h2-5,10-11H,6-9H2,1H3,(H,20,21). The van der Waals surface area contributed by atoms with Gasteiger partial charge in [-0.3, -0.25) is 4.79 Å². The summed E-state index contributed by atoms with van der Waals surface area (Å²) in [5.41, 5.74) is 1.01. The Balaban J connectivity index is 1.66. The van der Waals surface area contributed by atoms with Crippen molar-refractivity contribution in [2.75, 3.05) is 24.3 Å². The second-order valence-electron chi connectivity index (χ2n) is 5.88. The number of anilines is 1. The number of sulfone groups is 1. The number of carbonyl (C=O) groups is 1. The number of ether oxygens (including phenoxy) is 2. The molecule has 0 aliphatic carbocycles. The Kier molecular flexibility index (Phi) is 5.13.